The molecule has 2 amide bonds. The summed E-state index contributed by atoms with van der Waals surface area (Å²) >= 11 is 7.29. The number of halogens is 1. The van der Waals surface area contributed by atoms with Gasteiger partial charge in [0, 0.05) is 35.5 Å². The van der Waals surface area contributed by atoms with Gasteiger partial charge in [0.05, 0.1) is 0 Å². The molecule has 3 rings (SSSR count). The van der Waals surface area contributed by atoms with Gasteiger partial charge in [-0.05, 0) is 37.1 Å². The summed E-state index contributed by atoms with van der Waals surface area (Å²) in [6.45, 7) is 4.70. The summed E-state index contributed by atoms with van der Waals surface area (Å²) in [5, 5.41) is 13.2. The average molecular weight is 421 g/mol. The van der Waals surface area contributed by atoms with Gasteiger partial charge >= 0.3 is 0 Å². The lowest BCUT2D eigenvalue weighted by atomic mass is 9.99. The van der Waals surface area contributed by atoms with Crippen LogP contribution in [0, 0.1) is 5.92 Å². The maximum Gasteiger partial charge on any atom is 0.229 e. The molecular formula is C20H25ClN4O2S. The van der Waals surface area contributed by atoms with Gasteiger partial charge in [0.1, 0.15) is 5.01 Å². The van der Waals surface area contributed by atoms with E-state index in [1.807, 2.05) is 19.1 Å². The van der Waals surface area contributed by atoms with Crippen molar-refractivity contribution in [2.24, 2.45) is 5.92 Å². The third-order valence-corrected chi connectivity index (χ3v) is 6.31. The maximum atomic E-state index is 12.5. The second kappa shape index (κ2) is 9.47. The van der Waals surface area contributed by atoms with Crippen LogP contribution in [-0.4, -0.2) is 28.6 Å². The third kappa shape index (κ3) is 4.89. The van der Waals surface area contributed by atoms with E-state index in [9.17, 15) is 9.59 Å². The Kier molecular flexibility index (Phi) is 7.02. The maximum absolute atomic E-state index is 12.5. The molecule has 2 heterocycles. The van der Waals surface area contributed by atoms with Gasteiger partial charge in [0.15, 0.2) is 0 Å². The van der Waals surface area contributed by atoms with E-state index in [-0.39, 0.29) is 23.7 Å². The van der Waals surface area contributed by atoms with Crippen LogP contribution in [0.15, 0.2) is 24.3 Å². The number of aromatic nitrogens is 2. The zero-order valence-corrected chi connectivity index (χ0v) is 17.7. The summed E-state index contributed by atoms with van der Waals surface area (Å²) in [5.74, 6) is 0.0387. The van der Waals surface area contributed by atoms with Crippen LogP contribution in [0.1, 0.15) is 56.9 Å². The molecule has 1 aromatic heterocycles. The Morgan fingerprint density at radius 3 is 2.75 bits per heavy atom. The third-order valence-electron chi connectivity index (χ3n) is 5.05. The fraction of sp³-hybridized carbons (Fsp3) is 0.500. The minimum absolute atomic E-state index is 0.000699. The van der Waals surface area contributed by atoms with E-state index in [1.54, 1.807) is 17.0 Å². The minimum Gasteiger partial charge on any atom is -0.312 e. The molecule has 1 saturated heterocycles. The van der Waals surface area contributed by atoms with E-state index in [4.69, 9.17) is 11.6 Å². The number of rotatable bonds is 8. The largest absolute Gasteiger partial charge is 0.312 e. The summed E-state index contributed by atoms with van der Waals surface area (Å²) < 4.78 is 0. The quantitative estimate of drug-likeness (QED) is 0.661. The van der Waals surface area contributed by atoms with E-state index >= 15 is 0 Å². The molecule has 1 aliphatic rings. The molecule has 0 radical (unpaired) electrons. The van der Waals surface area contributed by atoms with Crippen LogP contribution in [0.5, 0.6) is 0 Å². The van der Waals surface area contributed by atoms with Crippen LogP contribution in [-0.2, 0) is 9.59 Å². The monoisotopic (exact) mass is 420 g/mol. The van der Waals surface area contributed by atoms with Crippen molar-refractivity contribution in [2.45, 2.75) is 51.9 Å². The normalized spacial score (nSPS) is 17.8. The smallest absolute Gasteiger partial charge is 0.229 e. The Morgan fingerprint density at radius 2 is 2.07 bits per heavy atom. The van der Waals surface area contributed by atoms with Gasteiger partial charge in [-0.1, -0.05) is 49.6 Å². The fourth-order valence-corrected chi connectivity index (χ4v) is 4.34. The summed E-state index contributed by atoms with van der Waals surface area (Å²) in [4.78, 5) is 26.6. The molecule has 0 saturated carbocycles. The molecule has 2 atom stereocenters. The predicted octanol–water partition coefficient (Wildman–Crippen LogP) is 4.87. The standard InChI is InChI=1S/C20H25ClN4O2S/c1-3-5-6-13(4-2)18(27)22-20-24-23-19(28-20)14-11-17(26)25(12-14)16-9-7-15(21)8-10-16/h7-10,13-14H,3-6,11-12H2,1-2H3,(H,22,24,27). The number of nitrogens with one attached hydrogen (secondary N) is 1. The van der Waals surface area contributed by atoms with Crippen molar-refractivity contribution in [2.75, 3.05) is 16.8 Å². The van der Waals surface area contributed by atoms with Gasteiger partial charge in [0.2, 0.25) is 16.9 Å². The van der Waals surface area contributed by atoms with E-state index in [0.29, 0.717) is 23.1 Å². The van der Waals surface area contributed by atoms with Gasteiger partial charge in [-0.3, -0.25) is 9.59 Å². The van der Waals surface area contributed by atoms with Gasteiger partial charge in [0.25, 0.3) is 0 Å². The Hall–Kier alpha value is -1.99. The lowest BCUT2D eigenvalue weighted by molar-refractivity contribution is -0.120. The second-order valence-electron chi connectivity index (χ2n) is 7.06. The first-order valence-corrected chi connectivity index (χ1v) is 10.9. The number of carbonyl (C=O) groups is 2. The van der Waals surface area contributed by atoms with Crippen molar-refractivity contribution in [3.8, 4) is 0 Å². The second-order valence-corrected chi connectivity index (χ2v) is 8.51. The summed E-state index contributed by atoms with van der Waals surface area (Å²) in [7, 11) is 0. The Bertz CT molecular complexity index is 824. The SMILES string of the molecule is CCCCC(CC)C(=O)Nc1nnc(C2CC(=O)N(c3ccc(Cl)cc3)C2)s1. The van der Waals surface area contributed by atoms with Gasteiger partial charge in [-0.25, -0.2) is 0 Å². The Labute approximate surface area is 174 Å². The first kappa shape index (κ1) is 20.7. The molecule has 1 fully saturated rings. The van der Waals surface area contributed by atoms with Crippen molar-refractivity contribution in [1.82, 2.24) is 10.2 Å². The Balaban J connectivity index is 1.63. The molecule has 2 aromatic rings. The highest BCUT2D eigenvalue weighted by molar-refractivity contribution is 7.15. The van der Waals surface area contributed by atoms with Gasteiger partial charge in [-0.15, -0.1) is 10.2 Å². The summed E-state index contributed by atoms with van der Waals surface area (Å²) in [5.41, 5.74) is 0.830. The van der Waals surface area contributed by atoms with Crippen LogP contribution >= 0.6 is 22.9 Å². The molecule has 28 heavy (non-hydrogen) atoms. The van der Waals surface area contributed by atoms with E-state index < -0.39 is 0 Å². The minimum atomic E-state index is -0.0200. The molecule has 0 bridgehead atoms. The number of unbranched alkanes of at least 4 members (excludes halogenated alkanes) is 1. The zero-order chi connectivity index (χ0) is 20.1. The predicted molar refractivity (Wildman–Crippen MR) is 113 cm³/mol. The van der Waals surface area contributed by atoms with Crippen molar-refractivity contribution >= 4 is 45.6 Å². The van der Waals surface area contributed by atoms with Crippen LogP contribution in [0.3, 0.4) is 0 Å². The molecular weight excluding hydrogens is 396 g/mol. The van der Waals surface area contributed by atoms with Gasteiger partial charge in [-0.2, -0.15) is 0 Å². The molecule has 8 heteroatoms. The number of amides is 2. The van der Waals surface area contributed by atoms with E-state index in [1.165, 1.54) is 11.3 Å². The number of hydrogen-bond acceptors (Lipinski definition) is 5. The van der Waals surface area contributed by atoms with E-state index in [2.05, 4.69) is 22.4 Å². The molecule has 1 N–H and O–H groups in total. The van der Waals surface area contributed by atoms with Crippen LogP contribution in [0.2, 0.25) is 5.02 Å². The molecule has 6 nitrogen and oxygen atoms in total. The number of anilines is 2. The molecule has 1 aliphatic heterocycles. The van der Waals surface area contributed by atoms with Crippen molar-refractivity contribution < 1.29 is 9.59 Å². The number of benzene rings is 1. The fourth-order valence-electron chi connectivity index (χ4n) is 3.37. The number of hydrogen-bond donors (Lipinski definition) is 1. The van der Waals surface area contributed by atoms with Crippen LogP contribution in [0.25, 0.3) is 0 Å². The summed E-state index contributed by atoms with van der Waals surface area (Å²) in [6, 6.07) is 7.24. The summed E-state index contributed by atoms with van der Waals surface area (Å²) in [6.07, 6.45) is 4.20. The molecule has 2 unspecified atom stereocenters. The number of carbonyl (C=O) groups excluding carboxylic acids is 2. The zero-order valence-electron chi connectivity index (χ0n) is 16.2. The highest BCUT2D eigenvalue weighted by Gasteiger charge is 2.34. The Morgan fingerprint density at radius 1 is 1.32 bits per heavy atom. The molecule has 0 aliphatic carbocycles. The topological polar surface area (TPSA) is 75.2 Å². The van der Waals surface area contributed by atoms with Crippen molar-refractivity contribution in [3.63, 3.8) is 0 Å². The van der Waals surface area contributed by atoms with Crippen LogP contribution < -0.4 is 10.2 Å². The van der Waals surface area contributed by atoms with Crippen molar-refractivity contribution in [3.05, 3.63) is 34.3 Å². The van der Waals surface area contributed by atoms with Crippen molar-refractivity contribution in [1.29, 1.82) is 0 Å². The highest BCUT2D eigenvalue weighted by Crippen LogP contribution is 2.34. The van der Waals surface area contributed by atoms with E-state index in [0.717, 1.165) is 36.4 Å². The van der Waals surface area contributed by atoms with Gasteiger partial charge < -0.3 is 10.2 Å². The lowest BCUT2D eigenvalue weighted by Crippen LogP contribution is -2.24. The first-order valence-electron chi connectivity index (χ1n) is 9.72. The molecule has 0 spiro atoms. The first-order chi connectivity index (χ1) is 13.5. The molecule has 150 valence electrons. The number of nitrogens with zero attached hydrogens (tertiary/aromatic N) is 3. The highest BCUT2D eigenvalue weighted by atomic mass is 35.5. The lowest BCUT2D eigenvalue weighted by Gasteiger charge is -2.16. The molecule has 1 aromatic carbocycles. The van der Waals surface area contributed by atoms with Crippen LogP contribution in [0.4, 0.5) is 10.8 Å². The average Bonchev–Trinajstić information content (AvgIpc) is 3.30.